The van der Waals surface area contributed by atoms with Crippen molar-refractivity contribution in [1.29, 1.82) is 0 Å². The van der Waals surface area contributed by atoms with Crippen LogP contribution >= 0.6 is 0 Å². The number of rotatable bonds is 1. The third kappa shape index (κ3) is 1.70. The van der Waals surface area contributed by atoms with Crippen molar-refractivity contribution in [2.24, 2.45) is 0 Å². The van der Waals surface area contributed by atoms with E-state index in [-0.39, 0.29) is 5.54 Å². The molecule has 0 radical (unpaired) electrons. The van der Waals surface area contributed by atoms with E-state index in [1.165, 1.54) is 0 Å². The molecule has 11 heavy (non-hydrogen) atoms. The average molecular weight is 171 g/mol. The molecule has 62 valence electrons. The first-order valence-electron chi connectivity index (χ1n) is 3.72. The van der Waals surface area contributed by atoms with Gasteiger partial charge < -0.3 is 4.55 Å². The molecule has 1 atom stereocenters. The molecule has 0 aromatic rings. The fourth-order valence-corrected chi connectivity index (χ4v) is 2.64. The van der Waals surface area contributed by atoms with Gasteiger partial charge in [-0.15, -0.1) is 10.7 Å². The minimum atomic E-state index is -0.839. The Hall–Kier alpha value is -0.170. The van der Waals surface area contributed by atoms with Crippen molar-refractivity contribution in [3.63, 3.8) is 0 Å². The fraction of sp³-hybridized carbons (Fsp3) is 0.750. The number of nitrogens with zero attached hydrogens (tertiary/aromatic N) is 1. The number of hydrogen-bond acceptors (Lipinski definition) is 2. The van der Waals surface area contributed by atoms with Gasteiger partial charge in [-0.2, -0.15) is 0 Å². The lowest BCUT2D eigenvalue weighted by Crippen LogP contribution is -2.43. The summed E-state index contributed by atoms with van der Waals surface area (Å²) in [5.41, 5.74) is -0.346. The Morgan fingerprint density at radius 1 is 1.64 bits per heavy atom. The molecule has 1 heterocycles. The van der Waals surface area contributed by atoms with Crippen molar-refractivity contribution >= 4 is 11.4 Å². The zero-order valence-electron chi connectivity index (χ0n) is 6.96. The molecule has 1 aliphatic rings. The van der Waals surface area contributed by atoms with Crippen LogP contribution in [0.5, 0.6) is 0 Å². The van der Waals surface area contributed by atoms with Gasteiger partial charge >= 0.3 is 0 Å². The van der Waals surface area contributed by atoms with Gasteiger partial charge in [0, 0.05) is 17.8 Å². The molecule has 0 aromatic carbocycles. The summed E-state index contributed by atoms with van der Waals surface area (Å²) in [6.45, 7) is 4.72. The molecule has 0 amide bonds. The highest BCUT2D eigenvalue weighted by Gasteiger charge is 2.37. The van der Waals surface area contributed by atoms with Gasteiger partial charge in [0.15, 0.2) is 0 Å². The van der Waals surface area contributed by atoms with Gasteiger partial charge in [-0.05, 0) is 13.8 Å². The lowest BCUT2D eigenvalue weighted by molar-refractivity contribution is 0.313. The summed E-state index contributed by atoms with van der Waals surface area (Å²) in [7, 11) is 0. The first-order valence-corrected chi connectivity index (χ1v) is 4.99. The first kappa shape index (κ1) is 8.92. The van der Waals surface area contributed by atoms with Crippen molar-refractivity contribution in [1.82, 2.24) is 4.31 Å². The van der Waals surface area contributed by atoms with E-state index in [9.17, 15) is 4.55 Å². The van der Waals surface area contributed by atoms with E-state index < -0.39 is 11.4 Å². The molecule has 1 rings (SSSR count). The maximum atomic E-state index is 11.3. The molecule has 1 saturated heterocycles. The van der Waals surface area contributed by atoms with Crippen molar-refractivity contribution in [3.8, 4) is 12.3 Å². The number of terminal acetylenes is 1. The molecular formula is C8H13NOS. The average Bonchev–Trinajstić information content (AvgIpc) is 2.36. The Morgan fingerprint density at radius 2 is 2.27 bits per heavy atom. The van der Waals surface area contributed by atoms with E-state index in [1.807, 2.05) is 18.2 Å². The molecule has 0 bridgehead atoms. The monoisotopic (exact) mass is 171 g/mol. The largest absolute Gasteiger partial charge is 0.598 e. The Labute approximate surface area is 71.3 Å². The van der Waals surface area contributed by atoms with Gasteiger partial charge in [-0.3, -0.25) is 0 Å². The fourth-order valence-electron chi connectivity index (χ4n) is 1.15. The SMILES string of the molecule is C#CC(C)(C)N1CCC[S+]1[O-]. The second kappa shape index (κ2) is 3.06. The molecular weight excluding hydrogens is 158 g/mol. The van der Waals surface area contributed by atoms with Crippen molar-refractivity contribution in [3.05, 3.63) is 0 Å². The Morgan fingerprint density at radius 3 is 2.64 bits per heavy atom. The van der Waals surface area contributed by atoms with Gasteiger partial charge in [-0.1, -0.05) is 5.92 Å². The summed E-state index contributed by atoms with van der Waals surface area (Å²) >= 11 is -0.839. The van der Waals surface area contributed by atoms with Crippen LogP contribution in [0.15, 0.2) is 0 Å². The van der Waals surface area contributed by atoms with E-state index in [0.29, 0.717) is 0 Å². The van der Waals surface area contributed by atoms with Gasteiger partial charge in [0.2, 0.25) is 0 Å². The van der Waals surface area contributed by atoms with E-state index in [0.717, 1.165) is 18.7 Å². The summed E-state index contributed by atoms with van der Waals surface area (Å²) in [6, 6.07) is 0. The Bertz CT molecular complexity index is 185. The van der Waals surface area contributed by atoms with Crippen LogP contribution in [0.2, 0.25) is 0 Å². The van der Waals surface area contributed by atoms with Crippen LogP contribution in [0.4, 0.5) is 0 Å². The van der Waals surface area contributed by atoms with Gasteiger partial charge in [-0.25, -0.2) is 0 Å². The van der Waals surface area contributed by atoms with Crippen molar-refractivity contribution in [2.45, 2.75) is 25.8 Å². The van der Waals surface area contributed by atoms with Crippen LogP contribution in [-0.4, -0.2) is 26.7 Å². The molecule has 1 fully saturated rings. The summed E-state index contributed by atoms with van der Waals surface area (Å²) in [5.74, 6) is 3.42. The molecule has 0 saturated carbocycles. The number of hydrogen-bond donors (Lipinski definition) is 0. The molecule has 1 aliphatic heterocycles. The van der Waals surface area contributed by atoms with Crippen LogP contribution in [0.1, 0.15) is 20.3 Å². The zero-order valence-corrected chi connectivity index (χ0v) is 7.78. The highest BCUT2D eigenvalue weighted by Crippen LogP contribution is 2.23. The Balaban J connectivity index is 2.68. The third-order valence-corrected chi connectivity index (χ3v) is 3.67. The summed E-state index contributed by atoms with van der Waals surface area (Å²) in [6.07, 6.45) is 6.32. The lowest BCUT2D eigenvalue weighted by atomic mass is 10.1. The molecule has 3 heteroatoms. The molecule has 0 aromatic heterocycles. The minimum absolute atomic E-state index is 0.346. The van der Waals surface area contributed by atoms with Crippen LogP contribution in [0, 0.1) is 12.3 Å². The van der Waals surface area contributed by atoms with Gasteiger partial charge in [0.25, 0.3) is 0 Å². The van der Waals surface area contributed by atoms with Crippen LogP contribution < -0.4 is 0 Å². The molecule has 0 aliphatic carbocycles. The standard InChI is InChI=1S/C8H13NOS/c1-4-8(2,3)9-6-5-7-11(9)10/h1H,5-7H2,2-3H3. The predicted molar refractivity (Wildman–Crippen MR) is 47.2 cm³/mol. The highest BCUT2D eigenvalue weighted by atomic mass is 32.2. The highest BCUT2D eigenvalue weighted by molar-refractivity contribution is 7.89. The summed E-state index contributed by atoms with van der Waals surface area (Å²) in [5, 5.41) is 0. The quantitative estimate of drug-likeness (QED) is 0.430. The van der Waals surface area contributed by atoms with Gasteiger partial charge in [0.1, 0.15) is 11.3 Å². The smallest absolute Gasteiger partial charge is 0.127 e. The third-order valence-electron chi connectivity index (χ3n) is 1.90. The van der Waals surface area contributed by atoms with Crippen LogP contribution in [-0.2, 0) is 11.4 Å². The maximum absolute atomic E-state index is 11.3. The predicted octanol–water partition coefficient (Wildman–Crippen LogP) is 0.768. The molecule has 0 spiro atoms. The van der Waals surface area contributed by atoms with Crippen molar-refractivity contribution < 1.29 is 4.55 Å². The maximum Gasteiger partial charge on any atom is 0.127 e. The second-order valence-corrected chi connectivity index (χ2v) is 4.68. The second-order valence-electron chi connectivity index (χ2n) is 3.18. The molecule has 1 unspecified atom stereocenters. The molecule has 2 nitrogen and oxygen atoms in total. The van der Waals surface area contributed by atoms with Crippen molar-refractivity contribution in [2.75, 3.05) is 12.3 Å². The van der Waals surface area contributed by atoms with E-state index in [4.69, 9.17) is 6.42 Å². The molecule has 0 N–H and O–H groups in total. The van der Waals surface area contributed by atoms with E-state index >= 15 is 0 Å². The minimum Gasteiger partial charge on any atom is -0.598 e. The topological polar surface area (TPSA) is 26.3 Å². The van der Waals surface area contributed by atoms with E-state index in [2.05, 4.69) is 5.92 Å². The first-order chi connectivity index (χ1) is 5.08. The lowest BCUT2D eigenvalue weighted by Gasteiger charge is -2.28. The zero-order chi connectivity index (χ0) is 8.48. The van der Waals surface area contributed by atoms with Crippen LogP contribution in [0.25, 0.3) is 0 Å². The van der Waals surface area contributed by atoms with E-state index in [1.54, 1.807) is 0 Å². The normalized spacial score (nSPS) is 26.9. The van der Waals surface area contributed by atoms with Gasteiger partial charge in [0.05, 0.1) is 6.54 Å². The summed E-state index contributed by atoms with van der Waals surface area (Å²) < 4.78 is 13.2. The summed E-state index contributed by atoms with van der Waals surface area (Å²) in [4.78, 5) is 0. The van der Waals surface area contributed by atoms with Crippen LogP contribution in [0.3, 0.4) is 0 Å². The Kier molecular flexibility index (Phi) is 2.48.